The number of hydrogen-bond acceptors (Lipinski definition) is 3. The molecule has 148 valence electrons. The van der Waals surface area contributed by atoms with E-state index in [9.17, 15) is 4.79 Å². The van der Waals surface area contributed by atoms with Gasteiger partial charge in [0.05, 0.1) is 11.4 Å². The lowest BCUT2D eigenvalue weighted by Gasteiger charge is -2.34. The van der Waals surface area contributed by atoms with Gasteiger partial charge in [0.15, 0.2) is 6.23 Å². The van der Waals surface area contributed by atoms with Gasteiger partial charge in [0, 0.05) is 35.8 Å². The number of carbonyl (C=O) groups is 1. The maximum atomic E-state index is 12.9. The minimum absolute atomic E-state index is 0.0706. The van der Waals surface area contributed by atoms with Crippen molar-refractivity contribution in [2.24, 2.45) is 0 Å². The van der Waals surface area contributed by atoms with E-state index >= 15 is 0 Å². The summed E-state index contributed by atoms with van der Waals surface area (Å²) in [7, 11) is 2.05. The molecular weight excluding hydrogens is 396 g/mol. The van der Waals surface area contributed by atoms with Crippen molar-refractivity contribution >= 4 is 40.1 Å². The second-order valence-electron chi connectivity index (χ2n) is 7.91. The lowest BCUT2D eigenvalue weighted by molar-refractivity contribution is -0.115. The lowest BCUT2D eigenvalue weighted by atomic mass is 9.78. The summed E-state index contributed by atoms with van der Waals surface area (Å²) in [5.41, 5.74) is 8.44. The Morgan fingerprint density at radius 3 is 2.73 bits per heavy atom. The molecule has 4 nitrogen and oxygen atoms in total. The van der Waals surface area contributed by atoms with Crippen LogP contribution in [0.4, 0.5) is 17.1 Å². The van der Waals surface area contributed by atoms with E-state index in [0.717, 1.165) is 33.8 Å². The molecular formula is C25H19ClN2O2. The first kappa shape index (κ1) is 17.8. The van der Waals surface area contributed by atoms with Crippen molar-refractivity contribution in [3.8, 4) is 0 Å². The van der Waals surface area contributed by atoms with E-state index in [0.29, 0.717) is 5.02 Å². The molecule has 0 fully saturated rings. The summed E-state index contributed by atoms with van der Waals surface area (Å²) in [5, 5.41) is 0.594. The summed E-state index contributed by atoms with van der Waals surface area (Å²) in [6.45, 7) is 1.58. The smallest absolute Gasteiger partial charge is 0.228 e. The van der Waals surface area contributed by atoms with Crippen LogP contribution in [0.1, 0.15) is 35.3 Å². The van der Waals surface area contributed by atoms with Crippen LogP contribution in [-0.4, -0.2) is 19.2 Å². The molecule has 4 aliphatic heterocycles. The summed E-state index contributed by atoms with van der Waals surface area (Å²) < 4.78 is 6.61. The molecule has 1 amide bonds. The standard InChI is InChI=1S/C25H19ClN2O2/c1-14(29)28(16-7-5-6-15(26)12-16)21-11-10-20-23-19-13-22(27(20)2)30-25(24(21)23)18-9-4-3-8-17(18)19/h3-13,22,25H,1-2H3. The molecule has 0 N–H and O–H groups in total. The van der Waals surface area contributed by atoms with Gasteiger partial charge in [-0.15, -0.1) is 0 Å². The van der Waals surface area contributed by atoms with E-state index in [1.807, 2.05) is 36.4 Å². The Morgan fingerprint density at radius 2 is 1.93 bits per heavy atom. The zero-order chi connectivity index (χ0) is 20.6. The minimum atomic E-state index is -0.246. The van der Waals surface area contributed by atoms with E-state index in [1.54, 1.807) is 11.8 Å². The Morgan fingerprint density at radius 1 is 1.10 bits per heavy atom. The Balaban J connectivity index is 1.66. The van der Waals surface area contributed by atoms with Crippen LogP contribution < -0.4 is 9.80 Å². The average molecular weight is 415 g/mol. The molecule has 2 atom stereocenters. The maximum absolute atomic E-state index is 12.9. The van der Waals surface area contributed by atoms with Crippen molar-refractivity contribution in [2.45, 2.75) is 19.3 Å². The van der Waals surface area contributed by atoms with Gasteiger partial charge in [-0.05, 0) is 53.1 Å². The number of likely N-dealkylation sites (N-methyl/N-ethyl adjacent to an activating group) is 1. The van der Waals surface area contributed by atoms with E-state index in [1.165, 1.54) is 11.1 Å². The molecule has 6 bridgehead atoms. The van der Waals surface area contributed by atoms with Gasteiger partial charge in [-0.1, -0.05) is 41.9 Å². The van der Waals surface area contributed by atoms with Crippen LogP contribution in [0, 0.1) is 0 Å². The molecule has 2 unspecified atom stereocenters. The third-order valence-electron chi connectivity index (χ3n) is 6.23. The number of anilines is 3. The van der Waals surface area contributed by atoms with Crippen LogP contribution in [0.3, 0.4) is 0 Å². The SMILES string of the molecule is CC(=O)N(c1cccc(Cl)c1)c1ccc2c3c1C1OC(C=C3c3ccccc31)N2C. The summed E-state index contributed by atoms with van der Waals surface area (Å²) in [6.07, 6.45) is 1.80. The number of halogens is 1. The number of ether oxygens (including phenoxy) is 1. The third-order valence-corrected chi connectivity index (χ3v) is 6.47. The van der Waals surface area contributed by atoms with Gasteiger partial charge < -0.3 is 9.64 Å². The Labute approximate surface area is 179 Å². The number of carbonyl (C=O) groups excluding carboxylic acids is 1. The highest BCUT2D eigenvalue weighted by molar-refractivity contribution is 6.31. The topological polar surface area (TPSA) is 32.8 Å². The number of rotatable bonds is 2. The molecule has 0 saturated heterocycles. The Bertz CT molecular complexity index is 1270. The highest BCUT2D eigenvalue weighted by Crippen LogP contribution is 2.56. The molecule has 3 aromatic rings. The lowest BCUT2D eigenvalue weighted by Crippen LogP contribution is -2.33. The van der Waals surface area contributed by atoms with Crippen molar-refractivity contribution in [1.82, 2.24) is 0 Å². The van der Waals surface area contributed by atoms with E-state index in [2.05, 4.69) is 42.3 Å². The van der Waals surface area contributed by atoms with Gasteiger partial charge in [-0.2, -0.15) is 0 Å². The monoisotopic (exact) mass is 414 g/mol. The van der Waals surface area contributed by atoms with Crippen molar-refractivity contribution < 1.29 is 9.53 Å². The first-order valence-electron chi connectivity index (χ1n) is 9.97. The molecule has 30 heavy (non-hydrogen) atoms. The fourth-order valence-electron chi connectivity index (χ4n) is 4.98. The molecule has 0 saturated carbocycles. The van der Waals surface area contributed by atoms with Crippen LogP contribution >= 0.6 is 11.6 Å². The summed E-state index contributed by atoms with van der Waals surface area (Å²) in [6, 6.07) is 19.9. The van der Waals surface area contributed by atoms with E-state index < -0.39 is 0 Å². The van der Waals surface area contributed by atoms with E-state index in [4.69, 9.17) is 16.3 Å². The van der Waals surface area contributed by atoms with Crippen LogP contribution in [0.2, 0.25) is 5.02 Å². The second kappa shape index (κ2) is 6.21. The van der Waals surface area contributed by atoms with Gasteiger partial charge in [0.1, 0.15) is 6.10 Å². The highest BCUT2D eigenvalue weighted by Gasteiger charge is 2.44. The van der Waals surface area contributed by atoms with Gasteiger partial charge >= 0.3 is 0 Å². The van der Waals surface area contributed by atoms with Gasteiger partial charge in [-0.3, -0.25) is 9.69 Å². The number of hydrogen-bond donors (Lipinski definition) is 0. The molecule has 1 aliphatic carbocycles. The number of benzene rings is 3. The predicted molar refractivity (Wildman–Crippen MR) is 119 cm³/mol. The molecule has 5 heteroatoms. The van der Waals surface area contributed by atoms with Crippen LogP contribution in [-0.2, 0) is 9.53 Å². The van der Waals surface area contributed by atoms with Crippen molar-refractivity contribution in [3.05, 3.63) is 94.0 Å². The first-order chi connectivity index (χ1) is 14.5. The zero-order valence-electron chi connectivity index (χ0n) is 16.6. The van der Waals surface area contributed by atoms with Crippen LogP contribution in [0.5, 0.6) is 0 Å². The first-order valence-corrected chi connectivity index (χ1v) is 10.4. The number of nitrogens with zero attached hydrogens (tertiary/aromatic N) is 2. The summed E-state index contributed by atoms with van der Waals surface area (Å²) in [5.74, 6) is -0.0706. The van der Waals surface area contributed by atoms with Crippen LogP contribution in [0.25, 0.3) is 5.57 Å². The Kier molecular flexibility index (Phi) is 3.67. The zero-order valence-corrected chi connectivity index (χ0v) is 17.4. The quantitative estimate of drug-likeness (QED) is 0.542. The van der Waals surface area contributed by atoms with Crippen molar-refractivity contribution in [1.29, 1.82) is 0 Å². The average Bonchev–Trinajstić information content (AvgIpc) is 3.03. The predicted octanol–water partition coefficient (Wildman–Crippen LogP) is 5.67. The van der Waals surface area contributed by atoms with Crippen LogP contribution in [0.15, 0.2) is 66.7 Å². The Hall–Kier alpha value is -3.08. The molecule has 0 aromatic heterocycles. The molecule has 8 rings (SSSR count). The number of amides is 1. The molecule has 0 radical (unpaired) electrons. The van der Waals surface area contributed by atoms with Crippen molar-refractivity contribution in [3.63, 3.8) is 0 Å². The summed E-state index contributed by atoms with van der Waals surface area (Å²) in [4.78, 5) is 16.8. The van der Waals surface area contributed by atoms with Gasteiger partial charge in [-0.25, -0.2) is 0 Å². The molecule has 0 spiro atoms. The largest absolute Gasteiger partial charge is 0.345 e. The van der Waals surface area contributed by atoms with Gasteiger partial charge in [0.25, 0.3) is 0 Å². The fraction of sp³-hybridized carbons (Fsp3) is 0.160. The molecule has 5 aliphatic rings. The fourth-order valence-corrected chi connectivity index (χ4v) is 5.16. The summed E-state index contributed by atoms with van der Waals surface area (Å²) >= 11 is 6.25. The maximum Gasteiger partial charge on any atom is 0.228 e. The molecule has 4 heterocycles. The molecule has 3 aromatic carbocycles. The second-order valence-corrected chi connectivity index (χ2v) is 8.35. The van der Waals surface area contributed by atoms with Crippen molar-refractivity contribution in [2.75, 3.05) is 16.8 Å². The normalized spacial score (nSPS) is 20.0. The van der Waals surface area contributed by atoms with Gasteiger partial charge in [0.2, 0.25) is 5.91 Å². The van der Waals surface area contributed by atoms with E-state index in [-0.39, 0.29) is 18.2 Å². The third kappa shape index (κ3) is 2.29. The highest BCUT2D eigenvalue weighted by atomic mass is 35.5. The minimum Gasteiger partial charge on any atom is -0.345 e.